The van der Waals surface area contributed by atoms with Crippen LogP contribution >= 0.6 is 11.6 Å². The summed E-state index contributed by atoms with van der Waals surface area (Å²) in [5.41, 5.74) is 2.02. The smallest absolute Gasteiger partial charge is 0.200 e. The molecular weight excluding hydrogens is 404 g/mol. The molecule has 3 N–H and O–H groups in total. The van der Waals surface area contributed by atoms with Crippen molar-refractivity contribution in [3.05, 3.63) is 47.0 Å². The normalized spacial score (nSPS) is 16.5. The Kier molecular flexibility index (Phi) is 7.52. The summed E-state index contributed by atoms with van der Waals surface area (Å²) in [5, 5.41) is 17.6. The maximum absolute atomic E-state index is 10.1. The molecule has 0 bridgehead atoms. The standard InChI is InChI=1S/C22H29ClN4O3/c1-4-24-22(25-13-15-10-19(29-2)21(28)20(11-15)30-3)26-17-8-9-27(14-17)18-7-5-6-16(23)12-18/h5-7,10-12,17,28H,4,8-9,13-14H2,1-3H3,(H2,24,25,26). The highest BCUT2D eigenvalue weighted by molar-refractivity contribution is 6.30. The number of phenolic OH excluding ortho intramolecular Hbond substituents is 1. The lowest BCUT2D eigenvalue weighted by Crippen LogP contribution is -2.44. The van der Waals surface area contributed by atoms with Crippen molar-refractivity contribution >= 4 is 23.2 Å². The van der Waals surface area contributed by atoms with Gasteiger partial charge in [-0.15, -0.1) is 0 Å². The molecule has 7 nitrogen and oxygen atoms in total. The number of ether oxygens (including phenoxy) is 2. The number of rotatable bonds is 7. The lowest BCUT2D eigenvalue weighted by Gasteiger charge is -2.20. The van der Waals surface area contributed by atoms with E-state index in [1.54, 1.807) is 12.1 Å². The quantitative estimate of drug-likeness (QED) is 0.459. The molecule has 2 aromatic carbocycles. The fourth-order valence-corrected chi connectivity index (χ4v) is 3.69. The highest BCUT2D eigenvalue weighted by Crippen LogP contribution is 2.37. The number of nitrogens with one attached hydrogen (secondary N) is 2. The van der Waals surface area contributed by atoms with Crippen LogP contribution in [0.5, 0.6) is 17.2 Å². The maximum Gasteiger partial charge on any atom is 0.200 e. The van der Waals surface area contributed by atoms with Crippen molar-refractivity contribution in [3.63, 3.8) is 0 Å². The van der Waals surface area contributed by atoms with Gasteiger partial charge in [-0.1, -0.05) is 17.7 Å². The highest BCUT2D eigenvalue weighted by atomic mass is 35.5. The van der Waals surface area contributed by atoms with Crippen LogP contribution in [0.4, 0.5) is 5.69 Å². The van der Waals surface area contributed by atoms with Crippen LogP contribution in [0.2, 0.25) is 5.02 Å². The Labute approximate surface area is 182 Å². The second-order valence-electron chi connectivity index (χ2n) is 7.10. The fourth-order valence-electron chi connectivity index (χ4n) is 3.51. The van der Waals surface area contributed by atoms with Gasteiger partial charge in [0.25, 0.3) is 0 Å². The zero-order chi connectivity index (χ0) is 21.5. The predicted molar refractivity (Wildman–Crippen MR) is 121 cm³/mol. The summed E-state index contributed by atoms with van der Waals surface area (Å²) in [4.78, 5) is 7.02. The molecule has 8 heteroatoms. The molecule has 1 aliphatic rings. The van der Waals surface area contributed by atoms with Gasteiger partial charge in [0, 0.05) is 36.4 Å². The largest absolute Gasteiger partial charge is 0.502 e. The van der Waals surface area contributed by atoms with Crippen LogP contribution in [0, 0.1) is 0 Å². The molecule has 0 aliphatic carbocycles. The Morgan fingerprint density at radius 1 is 1.23 bits per heavy atom. The third kappa shape index (κ3) is 5.42. The number of guanidine groups is 1. The van der Waals surface area contributed by atoms with Crippen molar-refractivity contribution in [2.75, 3.05) is 38.8 Å². The van der Waals surface area contributed by atoms with E-state index >= 15 is 0 Å². The Hall–Kier alpha value is -2.80. The summed E-state index contributed by atoms with van der Waals surface area (Å²) in [7, 11) is 3.03. The second-order valence-corrected chi connectivity index (χ2v) is 7.54. The molecule has 1 atom stereocenters. The van der Waals surface area contributed by atoms with Gasteiger partial charge in [-0.05, 0) is 49.2 Å². The number of nitrogens with zero attached hydrogens (tertiary/aromatic N) is 2. The Bertz CT molecular complexity index is 865. The molecular formula is C22H29ClN4O3. The zero-order valence-electron chi connectivity index (χ0n) is 17.6. The summed E-state index contributed by atoms with van der Waals surface area (Å²) >= 11 is 6.13. The van der Waals surface area contributed by atoms with Crippen molar-refractivity contribution in [1.29, 1.82) is 0 Å². The number of benzene rings is 2. The van der Waals surface area contributed by atoms with Crippen LogP contribution in [0.15, 0.2) is 41.4 Å². The Balaban J connectivity index is 1.67. The molecule has 1 aliphatic heterocycles. The molecule has 30 heavy (non-hydrogen) atoms. The van der Waals surface area contributed by atoms with Gasteiger partial charge in [0.15, 0.2) is 17.5 Å². The van der Waals surface area contributed by atoms with Crippen molar-refractivity contribution in [2.24, 2.45) is 4.99 Å². The molecule has 1 fully saturated rings. The fraction of sp³-hybridized carbons (Fsp3) is 0.409. The van der Waals surface area contributed by atoms with E-state index in [1.165, 1.54) is 14.2 Å². The number of hydrogen-bond donors (Lipinski definition) is 3. The number of phenols is 1. The van der Waals surface area contributed by atoms with Crippen molar-refractivity contribution in [1.82, 2.24) is 10.6 Å². The number of halogens is 1. The van der Waals surface area contributed by atoms with E-state index in [0.29, 0.717) is 18.0 Å². The SMILES string of the molecule is CCNC(=NCc1cc(OC)c(O)c(OC)c1)NC1CCN(c2cccc(Cl)c2)C1. The average Bonchev–Trinajstić information content (AvgIpc) is 3.21. The van der Waals surface area contributed by atoms with E-state index in [1.807, 2.05) is 25.1 Å². The Morgan fingerprint density at radius 2 is 1.97 bits per heavy atom. The summed E-state index contributed by atoms with van der Waals surface area (Å²) in [6, 6.07) is 11.8. The minimum atomic E-state index is -0.00942. The zero-order valence-corrected chi connectivity index (χ0v) is 18.4. The number of methoxy groups -OCH3 is 2. The van der Waals surface area contributed by atoms with Crippen LogP contribution in [-0.4, -0.2) is 51.0 Å². The third-order valence-electron chi connectivity index (χ3n) is 5.01. The summed E-state index contributed by atoms with van der Waals surface area (Å²) in [5.74, 6) is 1.47. The lowest BCUT2D eigenvalue weighted by molar-refractivity contribution is 0.339. The molecule has 0 radical (unpaired) electrons. The van der Waals surface area contributed by atoms with Crippen molar-refractivity contribution in [2.45, 2.75) is 25.9 Å². The van der Waals surface area contributed by atoms with Gasteiger partial charge < -0.3 is 30.1 Å². The van der Waals surface area contributed by atoms with Crippen LogP contribution in [0.3, 0.4) is 0 Å². The van der Waals surface area contributed by atoms with Gasteiger partial charge in [0.1, 0.15) is 0 Å². The molecule has 1 heterocycles. The molecule has 1 unspecified atom stereocenters. The second kappa shape index (κ2) is 10.3. The highest BCUT2D eigenvalue weighted by Gasteiger charge is 2.23. The van der Waals surface area contributed by atoms with Gasteiger partial charge >= 0.3 is 0 Å². The first-order valence-corrected chi connectivity index (χ1v) is 10.4. The third-order valence-corrected chi connectivity index (χ3v) is 5.24. The average molecular weight is 433 g/mol. The molecule has 1 saturated heterocycles. The van der Waals surface area contributed by atoms with Gasteiger partial charge in [-0.2, -0.15) is 0 Å². The first-order valence-electron chi connectivity index (χ1n) is 10.0. The predicted octanol–water partition coefficient (Wildman–Crippen LogP) is 3.40. The van der Waals surface area contributed by atoms with Gasteiger partial charge in [0.2, 0.25) is 5.75 Å². The lowest BCUT2D eigenvalue weighted by atomic mass is 10.2. The maximum atomic E-state index is 10.1. The monoisotopic (exact) mass is 432 g/mol. The number of aromatic hydroxyl groups is 1. The van der Waals surface area contributed by atoms with Crippen LogP contribution < -0.4 is 25.0 Å². The van der Waals surface area contributed by atoms with Gasteiger partial charge in [-0.25, -0.2) is 4.99 Å². The molecule has 0 saturated carbocycles. The summed E-state index contributed by atoms with van der Waals surface area (Å²) < 4.78 is 10.5. The van der Waals surface area contributed by atoms with E-state index in [2.05, 4.69) is 21.6 Å². The Morgan fingerprint density at radius 3 is 2.60 bits per heavy atom. The van der Waals surface area contributed by atoms with E-state index in [-0.39, 0.29) is 11.8 Å². The summed E-state index contributed by atoms with van der Waals surface area (Å²) in [6.45, 7) is 5.07. The molecule has 162 valence electrons. The van der Waals surface area contributed by atoms with Gasteiger partial charge in [0.05, 0.1) is 20.8 Å². The number of anilines is 1. The number of hydrogen-bond acceptors (Lipinski definition) is 5. The van der Waals surface area contributed by atoms with Crippen LogP contribution in [-0.2, 0) is 6.54 Å². The molecule has 3 rings (SSSR count). The van der Waals surface area contributed by atoms with E-state index in [4.69, 9.17) is 26.1 Å². The minimum absolute atomic E-state index is 0.00942. The first kappa shape index (κ1) is 21.9. The number of aliphatic imine (C=N–C) groups is 1. The molecule has 0 aromatic heterocycles. The topological polar surface area (TPSA) is 78.4 Å². The minimum Gasteiger partial charge on any atom is -0.502 e. The molecule has 2 aromatic rings. The van der Waals surface area contributed by atoms with E-state index in [9.17, 15) is 5.11 Å². The molecule has 0 spiro atoms. The molecule has 0 amide bonds. The summed E-state index contributed by atoms with van der Waals surface area (Å²) in [6.07, 6.45) is 1.01. The van der Waals surface area contributed by atoms with Crippen LogP contribution in [0.25, 0.3) is 0 Å². The van der Waals surface area contributed by atoms with Gasteiger partial charge in [-0.3, -0.25) is 0 Å². The van der Waals surface area contributed by atoms with Crippen molar-refractivity contribution in [3.8, 4) is 17.2 Å². The van der Waals surface area contributed by atoms with E-state index < -0.39 is 0 Å². The van der Waals surface area contributed by atoms with Crippen LogP contribution in [0.1, 0.15) is 18.9 Å². The van der Waals surface area contributed by atoms with Crippen molar-refractivity contribution < 1.29 is 14.6 Å². The van der Waals surface area contributed by atoms with E-state index in [0.717, 1.165) is 48.3 Å². The first-order chi connectivity index (χ1) is 14.5.